The van der Waals surface area contributed by atoms with Crippen LogP contribution in [0.3, 0.4) is 0 Å². The molecule has 2 heterocycles. The van der Waals surface area contributed by atoms with Crippen LogP contribution in [0, 0.1) is 0 Å². The van der Waals surface area contributed by atoms with Gasteiger partial charge in [0, 0.05) is 24.8 Å². The molecule has 1 saturated carbocycles. The lowest BCUT2D eigenvalue weighted by Gasteiger charge is -2.46. The molecule has 3 aromatic rings. The number of para-hydroxylation sites is 1. The summed E-state index contributed by atoms with van der Waals surface area (Å²) in [6.07, 6.45) is -0.812. The van der Waals surface area contributed by atoms with E-state index in [4.69, 9.17) is 4.52 Å². The Bertz CT molecular complexity index is 1350. The third kappa shape index (κ3) is 5.44. The van der Waals surface area contributed by atoms with Crippen molar-refractivity contribution in [2.75, 3.05) is 19.6 Å². The Labute approximate surface area is 211 Å². The largest absolute Gasteiger partial charge is 0.416 e. The van der Waals surface area contributed by atoms with E-state index in [2.05, 4.69) is 22.1 Å². The molecule has 1 aliphatic carbocycles. The van der Waals surface area contributed by atoms with Gasteiger partial charge in [0.1, 0.15) is 0 Å². The molecule has 1 saturated heterocycles. The molecular formula is C27H29F3N4O3. The van der Waals surface area contributed by atoms with Crippen LogP contribution >= 0.6 is 0 Å². The molecule has 0 spiro atoms. The molecule has 2 aromatic carbocycles. The van der Waals surface area contributed by atoms with E-state index >= 15 is 0 Å². The van der Waals surface area contributed by atoms with Crippen molar-refractivity contribution >= 4 is 22.6 Å². The van der Waals surface area contributed by atoms with Gasteiger partial charge in [0.25, 0.3) is 5.56 Å². The van der Waals surface area contributed by atoms with Crippen molar-refractivity contribution in [3.8, 4) is 0 Å². The van der Waals surface area contributed by atoms with E-state index in [0.717, 1.165) is 50.9 Å². The van der Waals surface area contributed by atoms with Gasteiger partial charge in [-0.2, -0.15) is 17.9 Å². The zero-order chi connectivity index (χ0) is 26.2. The third-order valence-corrected chi connectivity index (χ3v) is 7.30. The Balaban J connectivity index is 1.04. The minimum atomic E-state index is -4.44. The van der Waals surface area contributed by atoms with Crippen LogP contribution in [0.2, 0.25) is 0 Å². The lowest BCUT2D eigenvalue weighted by Crippen LogP contribution is -2.63. The van der Waals surface area contributed by atoms with Gasteiger partial charge in [-0.3, -0.25) is 14.5 Å². The number of carbonyl (C=O) groups excluding carboxylic acids is 1. The van der Waals surface area contributed by atoms with Gasteiger partial charge < -0.3 is 15.2 Å². The SMILES string of the molecule is C=C(NCC(=O)NC1CN([C@H]2CC[C@@H](n3oc4ccccc4c3=O)CC2)C1)c1cccc(C(F)(F)F)c1. The second-order valence-corrected chi connectivity index (χ2v) is 9.81. The Kier molecular flexibility index (Phi) is 6.85. The first kappa shape index (κ1) is 25.1. The van der Waals surface area contributed by atoms with Crippen LogP contribution in [0.25, 0.3) is 16.7 Å². The van der Waals surface area contributed by atoms with Gasteiger partial charge in [-0.25, -0.2) is 0 Å². The number of likely N-dealkylation sites (tertiary alicyclic amines) is 1. The molecule has 37 heavy (non-hydrogen) atoms. The zero-order valence-corrected chi connectivity index (χ0v) is 20.3. The Morgan fingerprint density at radius 2 is 1.73 bits per heavy atom. The fraction of sp³-hybridized carbons (Fsp3) is 0.407. The number of aromatic nitrogens is 1. The van der Waals surface area contributed by atoms with Crippen LogP contribution in [0.15, 0.2) is 64.4 Å². The fourth-order valence-electron chi connectivity index (χ4n) is 5.24. The van der Waals surface area contributed by atoms with Crippen molar-refractivity contribution in [2.45, 2.75) is 50.0 Å². The van der Waals surface area contributed by atoms with Crippen LogP contribution < -0.4 is 16.2 Å². The summed E-state index contributed by atoms with van der Waals surface area (Å²) >= 11 is 0. The van der Waals surface area contributed by atoms with Crippen molar-refractivity contribution in [1.29, 1.82) is 0 Å². The van der Waals surface area contributed by atoms with Crippen LogP contribution in [0.4, 0.5) is 13.2 Å². The average Bonchev–Trinajstić information content (AvgIpc) is 3.20. The van der Waals surface area contributed by atoms with E-state index in [0.29, 0.717) is 17.0 Å². The summed E-state index contributed by atoms with van der Waals surface area (Å²) in [4.78, 5) is 27.3. The van der Waals surface area contributed by atoms with Crippen molar-refractivity contribution in [3.63, 3.8) is 0 Å². The quantitative estimate of drug-likeness (QED) is 0.495. The molecule has 0 bridgehead atoms. The maximum atomic E-state index is 12.9. The maximum absolute atomic E-state index is 12.9. The molecule has 1 aromatic heterocycles. The maximum Gasteiger partial charge on any atom is 0.416 e. The lowest BCUT2D eigenvalue weighted by atomic mass is 9.88. The first-order valence-electron chi connectivity index (χ1n) is 12.4. The smallest absolute Gasteiger partial charge is 0.376 e. The topological polar surface area (TPSA) is 79.5 Å². The number of halogens is 3. The summed E-state index contributed by atoms with van der Waals surface area (Å²) in [6.45, 7) is 5.19. The number of rotatable bonds is 7. The Morgan fingerprint density at radius 1 is 1.03 bits per heavy atom. The summed E-state index contributed by atoms with van der Waals surface area (Å²) in [7, 11) is 0. The third-order valence-electron chi connectivity index (χ3n) is 7.30. The highest BCUT2D eigenvalue weighted by atomic mass is 19.4. The summed E-state index contributed by atoms with van der Waals surface area (Å²) in [5, 5.41) is 6.39. The monoisotopic (exact) mass is 514 g/mol. The van der Waals surface area contributed by atoms with E-state index in [-0.39, 0.29) is 41.4 Å². The number of amides is 1. The van der Waals surface area contributed by atoms with Gasteiger partial charge in [-0.15, -0.1) is 0 Å². The number of nitrogens with one attached hydrogen (secondary N) is 2. The summed E-state index contributed by atoms with van der Waals surface area (Å²) in [5.74, 6) is -0.231. The van der Waals surface area contributed by atoms with Crippen molar-refractivity contribution in [2.24, 2.45) is 0 Å². The molecule has 2 N–H and O–H groups in total. The van der Waals surface area contributed by atoms with Gasteiger partial charge >= 0.3 is 6.18 Å². The average molecular weight is 515 g/mol. The fourth-order valence-corrected chi connectivity index (χ4v) is 5.24. The molecule has 196 valence electrons. The Morgan fingerprint density at radius 3 is 2.43 bits per heavy atom. The number of hydrogen-bond acceptors (Lipinski definition) is 5. The predicted molar refractivity (Wildman–Crippen MR) is 134 cm³/mol. The van der Waals surface area contributed by atoms with E-state index < -0.39 is 11.7 Å². The summed E-state index contributed by atoms with van der Waals surface area (Å²) in [5.41, 5.74) is 0.333. The molecule has 2 fully saturated rings. The number of fused-ring (bicyclic) bond motifs is 1. The molecule has 0 unspecified atom stereocenters. The van der Waals surface area contributed by atoms with Crippen LogP contribution in [-0.4, -0.2) is 47.3 Å². The van der Waals surface area contributed by atoms with E-state index in [1.165, 1.54) is 16.9 Å². The number of carbonyl (C=O) groups is 1. The van der Waals surface area contributed by atoms with Crippen LogP contribution in [-0.2, 0) is 11.0 Å². The predicted octanol–water partition coefficient (Wildman–Crippen LogP) is 4.16. The molecule has 0 atom stereocenters. The van der Waals surface area contributed by atoms with Gasteiger partial charge in [0.05, 0.1) is 29.6 Å². The molecule has 7 nitrogen and oxygen atoms in total. The molecule has 5 rings (SSSR count). The van der Waals surface area contributed by atoms with Crippen molar-refractivity contribution in [3.05, 3.63) is 76.6 Å². The standard InChI is InChI=1S/C27H29F3N4O3/c1-17(18-5-4-6-19(13-18)27(28,29)30)31-14-25(35)32-20-15-33(16-20)21-9-11-22(12-10-21)34-26(36)23-7-2-3-8-24(23)37-34/h2-8,13,20-22,31H,1,9-12,14-16H2,(H,32,35)/t21-,22+. The number of alkyl halides is 3. The molecule has 2 aliphatic rings. The molecule has 1 amide bonds. The summed E-state index contributed by atoms with van der Waals surface area (Å²) < 4.78 is 46.1. The minimum absolute atomic E-state index is 0.0341. The second kappa shape index (κ2) is 10.1. The zero-order valence-electron chi connectivity index (χ0n) is 20.3. The van der Waals surface area contributed by atoms with Crippen molar-refractivity contribution < 1.29 is 22.5 Å². The molecule has 10 heteroatoms. The van der Waals surface area contributed by atoms with Crippen LogP contribution in [0.1, 0.15) is 42.9 Å². The minimum Gasteiger partial charge on any atom is -0.376 e. The lowest BCUT2D eigenvalue weighted by molar-refractivity contribution is -0.137. The Hall–Kier alpha value is -3.53. The molecule has 0 radical (unpaired) electrons. The van der Waals surface area contributed by atoms with E-state index in [9.17, 15) is 22.8 Å². The first-order chi connectivity index (χ1) is 17.7. The van der Waals surface area contributed by atoms with Gasteiger partial charge in [-0.1, -0.05) is 30.8 Å². The van der Waals surface area contributed by atoms with Crippen molar-refractivity contribution in [1.82, 2.24) is 20.3 Å². The highest BCUT2D eigenvalue weighted by Gasteiger charge is 2.36. The van der Waals surface area contributed by atoms with Gasteiger partial charge in [0.15, 0.2) is 5.58 Å². The van der Waals surface area contributed by atoms with Gasteiger partial charge in [-0.05, 0) is 55.5 Å². The number of nitrogens with zero attached hydrogens (tertiary/aromatic N) is 2. The second-order valence-electron chi connectivity index (χ2n) is 9.81. The normalized spacial score (nSPS) is 20.9. The highest BCUT2D eigenvalue weighted by Crippen LogP contribution is 2.33. The molecular weight excluding hydrogens is 485 g/mol. The summed E-state index contributed by atoms with van der Waals surface area (Å²) in [6, 6.07) is 12.6. The van der Waals surface area contributed by atoms with Gasteiger partial charge in [0.2, 0.25) is 5.91 Å². The van der Waals surface area contributed by atoms with E-state index in [1.54, 1.807) is 6.07 Å². The first-order valence-corrected chi connectivity index (χ1v) is 12.4. The highest BCUT2D eigenvalue weighted by molar-refractivity contribution is 5.80. The number of benzene rings is 2. The molecule has 1 aliphatic heterocycles. The van der Waals surface area contributed by atoms with Crippen LogP contribution in [0.5, 0.6) is 0 Å². The van der Waals surface area contributed by atoms with E-state index in [1.807, 2.05) is 18.2 Å². The number of hydrogen-bond donors (Lipinski definition) is 2.